The third kappa shape index (κ3) is 4.06. The second-order valence-electron chi connectivity index (χ2n) is 5.56. The summed E-state index contributed by atoms with van der Waals surface area (Å²) >= 11 is 0. The Bertz CT molecular complexity index is 567. The van der Waals surface area contributed by atoms with Crippen LogP contribution in [0.15, 0.2) is 12.4 Å². The molecule has 1 unspecified atom stereocenters. The zero-order valence-corrected chi connectivity index (χ0v) is 12.8. The van der Waals surface area contributed by atoms with E-state index in [0.717, 1.165) is 18.8 Å². The van der Waals surface area contributed by atoms with Crippen LogP contribution in [-0.4, -0.2) is 40.0 Å². The molecule has 1 aromatic rings. The molecule has 2 rings (SSSR count). The summed E-state index contributed by atoms with van der Waals surface area (Å²) in [4.78, 5) is 38.3. The van der Waals surface area contributed by atoms with Crippen molar-refractivity contribution in [3.05, 3.63) is 18.2 Å². The van der Waals surface area contributed by atoms with E-state index in [1.54, 1.807) is 6.20 Å². The molecule has 4 amide bonds. The number of carbonyl (C=O) groups is 3. The predicted molar refractivity (Wildman–Crippen MR) is 79.0 cm³/mol. The number of hydrogen-bond acceptors (Lipinski definition) is 4. The van der Waals surface area contributed by atoms with Crippen molar-refractivity contribution in [1.82, 2.24) is 25.5 Å². The number of aryl methyl sites for hydroxylation is 1. The number of imide groups is 1. The largest absolute Gasteiger partial charge is 0.356 e. The second kappa shape index (κ2) is 7.06. The summed E-state index contributed by atoms with van der Waals surface area (Å²) in [6.45, 7) is 5.45. The third-order valence-electron chi connectivity index (χ3n) is 3.41. The first-order valence-corrected chi connectivity index (χ1v) is 7.36. The number of carbonyl (C=O) groups excluding carboxylic acids is 3. The minimum absolute atomic E-state index is 0.0418. The summed E-state index contributed by atoms with van der Waals surface area (Å²) in [5.74, 6) is 0.669. The van der Waals surface area contributed by atoms with Crippen LogP contribution in [0, 0.1) is 0 Å². The summed E-state index contributed by atoms with van der Waals surface area (Å²) in [6.07, 6.45) is 4.43. The number of amides is 4. The minimum atomic E-state index is -0.770. The zero-order chi connectivity index (χ0) is 16.1. The van der Waals surface area contributed by atoms with E-state index in [1.807, 2.05) is 6.20 Å². The second-order valence-corrected chi connectivity index (χ2v) is 5.56. The quantitative estimate of drug-likeness (QED) is 0.491. The van der Waals surface area contributed by atoms with Crippen molar-refractivity contribution < 1.29 is 14.4 Å². The number of urea groups is 1. The minimum Gasteiger partial charge on any atom is -0.356 e. The van der Waals surface area contributed by atoms with Gasteiger partial charge >= 0.3 is 6.03 Å². The molecule has 1 fully saturated rings. The van der Waals surface area contributed by atoms with E-state index in [1.165, 1.54) is 0 Å². The van der Waals surface area contributed by atoms with Gasteiger partial charge in [-0.1, -0.05) is 13.8 Å². The van der Waals surface area contributed by atoms with Crippen LogP contribution in [0.2, 0.25) is 0 Å². The molecule has 8 nitrogen and oxygen atoms in total. The van der Waals surface area contributed by atoms with Crippen molar-refractivity contribution in [2.24, 2.45) is 0 Å². The average Bonchev–Trinajstić information content (AvgIpc) is 3.02. The standard InChI is InChI=1S/C14H21N5O3/c1-9(2)12-16-5-7-19(12)6-3-4-15-11(20)8-10-13(21)18-14(22)17-10/h5,7,9-10H,3-4,6,8H2,1-2H3,(H,15,20)(H2,17,18,21,22). The molecule has 120 valence electrons. The first-order chi connectivity index (χ1) is 10.5. The number of nitrogens with one attached hydrogen (secondary N) is 3. The maximum Gasteiger partial charge on any atom is 0.322 e. The third-order valence-corrected chi connectivity index (χ3v) is 3.41. The summed E-state index contributed by atoms with van der Waals surface area (Å²) in [5.41, 5.74) is 0. The van der Waals surface area contributed by atoms with Gasteiger partial charge in [0.2, 0.25) is 5.91 Å². The summed E-state index contributed by atoms with van der Waals surface area (Å²) < 4.78 is 2.07. The van der Waals surface area contributed by atoms with Crippen molar-refractivity contribution in [3.8, 4) is 0 Å². The van der Waals surface area contributed by atoms with Gasteiger partial charge in [0.1, 0.15) is 11.9 Å². The van der Waals surface area contributed by atoms with Crippen LogP contribution in [0.5, 0.6) is 0 Å². The highest BCUT2D eigenvalue weighted by Crippen LogP contribution is 2.11. The molecule has 0 aliphatic carbocycles. The lowest BCUT2D eigenvalue weighted by atomic mass is 10.2. The lowest BCUT2D eigenvalue weighted by molar-refractivity contribution is -0.126. The molecule has 0 aromatic carbocycles. The van der Waals surface area contributed by atoms with Crippen molar-refractivity contribution in [3.63, 3.8) is 0 Å². The maximum atomic E-state index is 11.7. The Labute approximate surface area is 128 Å². The lowest BCUT2D eigenvalue weighted by Gasteiger charge is -2.11. The maximum absolute atomic E-state index is 11.7. The van der Waals surface area contributed by atoms with Crippen LogP contribution in [0.3, 0.4) is 0 Å². The van der Waals surface area contributed by atoms with Crippen LogP contribution < -0.4 is 16.0 Å². The van der Waals surface area contributed by atoms with Gasteiger partial charge in [-0.15, -0.1) is 0 Å². The van der Waals surface area contributed by atoms with Crippen molar-refractivity contribution in [1.29, 1.82) is 0 Å². The molecule has 22 heavy (non-hydrogen) atoms. The Morgan fingerprint density at radius 1 is 1.45 bits per heavy atom. The fourth-order valence-corrected chi connectivity index (χ4v) is 2.35. The Hall–Kier alpha value is -2.38. The predicted octanol–water partition coefficient (Wildman–Crippen LogP) is 0.111. The normalized spacial score (nSPS) is 17.5. The molecule has 0 bridgehead atoms. The summed E-state index contributed by atoms with van der Waals surface area (Å²) in [5, 5.41) is 7.24. The SMILES string of the molecule is CC(C)c1nccn1CCCNC(=O)CC1NC(=O)NC1=O. The highest BCUT2D eigenvalue weighted by Gasteiger charge is 2.30. The zero-order valence-electron chi connectivity index (χ0n) is 12.8. The molecule has 8 heteroatoms. The van der Waals surface area contributed by atoms with Gasteiger partial charge in [-0.3, -0.25) is 14.9 Å². The van der Waals surface area contributed by atoms with Crippen LogP contribution in [0.1, 0.15) is 38.4 Å². The first kappa shape index (κ1) is 16.0. The smallest absolute Gasteiger partial charge is 0.322 e. The van der Waals surface area contributed by atoms with Gasteiger partial charge in [-0.05, 0) is 6.42 Å². The molecule has 1 aliphatic heterocycles. The molecular weight excluding hydrogens is 286 g/mol. The van der Waals surface area contributed by atoms with Gasteiger partial charge in [0.15, 0.2) is 0 Å². The van der Waals surface area contributed by atoms with Crippen molar-refractivity contribution in [2.75, 3.05) is 6.54 Å². The molecule has 2 heterocycles. The molecule has 0 spiro atoms. The molecule has 1 saturated heterocycles. The molecule has 1 aliphatic rings. The Kier molecular flexibility index (Phi) is 5.13. The van der Waals surface area contributed by atoms with Gasteiger partial charge in [-0.25, -0.2) is 9.78 Å². The van der Waals surface area contributed by atoms with Gasteiger partial charge in [0.05, 0.1) is 6.42 Å². The lowest BCUT2D eigenvalue weighted by Crippen LogP contribution is -2.36. The molecule has 1 aromatic heterocycles. The summed E-state index contributed by atoms with van der Waals surface area (Å²) in [7, 11) is 0. The van der Waals surface area contributed by atoms with E-state index in [4.69, 9.17) is 0 Å². The number of aromatic nitrogens is 2. The van der Waals surface area contributed by atoms with Gasteiger partial charge in [-0.2, -0.15) is 0 Å². The summed E-state index contributed by atoms with van der Waals surface area (Å²) in [6, 6.07) is -1.32. The van der Waals surface area contributed by atoms with Gasteiger partial charge in [0, 0.05) is 31.4 Å². The van der Waals surface area contributed by atoms with Gasteiger partial charge in [0.25, 0.3) is 5.91 Å². The van der Waals surface area contributed by atoms with E-state index >= 15 is 0 Å². The van der Waals surface area contributed by atoms with Crippen LogP contribution >= 0.6 is 0 Å². The fourth-order valence-electron chi connectivity index (χ4n) is 2.35. The molecule has 1 atom stereocenters. The fraction of sp³-hybridized carbons (Fsp3) is 0.571. The Morgan fingerprint density at radius 2 is 2.23 bits per heavy atom. The van der Waals surface area contributed by atoms with E-state index in [0.29, 0.717) is 12.5 Å². The van der Waals surface area contributed by atoms with E-state index in [2.05, 4.69) is 39.3 Å². The van der Waals surface area contributed by atoms with Crippen LogP contribution in [0.4, 0.5) is 4.79 Å². The Morgan fingerprint density at radius 3 is 2.86 bits per heavy atom. The van der Waals surface area contributed by atoms with E-state index < -0.39 is 18.0 Å². The topological polar surface area (TPSA) is 105 Å². The van der Waals surface area contributed by atoms with Crippen LogP contribution in [-0.2, 0) is 16.1 Å². The van der Waals surface area contributed by atoms with Crippen molar-refractivity contribution >= 4 is 17.8 Å². The molecule has 3 N–H and O–H groups in total. The highest BCUT2D eigenvalue weighted by atomic mass is 16.2. The number of hydrogen-bond donors (Lipinski definition) is 3. The van der Waals surface area contributed by atoms with E-state index in [9.17, 15) is 14.4 Å². The molecular formula is C14H21N5O3. The number of nitrogens with zero attached hydrogens (tertiary/aromatic N) is 2. The highest BCUT2D eigenvalue weighted by molar-refractivity contribution is 6.05. The molecule has 0 saturated carbocycles. The number of rotatable bonds is 7. The first-order valence-electron chi connectivity index (χ1n) is 7.36. The number of imidazole rings is 1. The van der Waals surface area contributed by atoms with Crippen LogP contribution in [0.25, 0.3) is 0 Å². The van der Waals surface area contributed by atoms with Gasteiger partial charge < -0.3 is 15.2 Å². The average molecular weight is 307 g/mol. The monoisotopic (exact) mass is 307 g/mol. The van der Waals surface area contributed by atoms with Crippen molar-refractivity contribution in [2.45, 2.75) is 45.2 Å². The Balaban J connectivity index is 1.68. The molecule has 0 radical (unpaired) electrons. The van der Waals surface area contributed by atoms with E-state index in [-0.39, 0.29) is 12.3 Å².